The molecule has 0 aromatic heterocycles. The molecule has 1 atom stereocenters. The van der Waals surface area contributed by atoms with Crippen molar-refractivity contribution in [2.45, 2.75) is 56.4 Å². The van der Waals surface area contributed by atoms with Gasteiger partial charge >= 0.3 is 0 Å². The van der Waals surface area contributed by atoms with Crippen molar-refractivity contribution in [1.29, 1.82) is 0 Å². The van der Waals surface area contributed by atoms with E-state index in [0.717, 1.165) is 25.0 Å². The Hall–Kier alpha value is -0.510. The van der Waals surface area contributed by atoms with E-state index >= 15 is 0 Å². The third-order valence-corrected chi connectivity index (χ3v) is 5.22. The minimum absolute atomic E-state index is 0.0952. The fourth-order valence-corrected chi connectivity index (χ4v) is 3.15. The first kappa shape index (κ1) is 17.5. The molecule has 0 radical (unpaired) electrons. The van der Waals surface area contributed by atoms with Gasteiger partial charge in [-0.1, -0.05) is 32.9 Å². The van der Waals surface area contributed by atoms with E-state index in [0.29, 0.717) is 5.92 Å². The zero-order valence-electron chi connectivity index (χ0n) is 13.3. The van der Waals surface area contributed by atoms with Gasteiger partial charge in [-0.3, -0.25) is 0 Å². The molecule has 0 spiro atoms. The summed E-state index contributed by atoms with van der Waals surface area (Å²) in [6.07, 6.45) is 3.10. The predicted octanol–water partition coefficient (Wildman–Crippen LogP) is 4.04. The van der Waals surface area contributed by atoms with Crippen molar-refractivity contribution in [1.82, 2.24) is 5.32 Å². The second kappa shape index (κ2) is 8.71. The first-order chi connectivity index (χ1) is 9.56. The number of nitrogens with one attached hydrogen (secondary N) is 1. The second-order valence-corrected chi connectivity index (χ2v) is 6.89. The maximum absolute atomic E-state index is 9.51. The Morgan fingerprint density at radius 3 is 2.35 bits per heavy atom. The monoisotopic (exact) mass is 295 g/mol. The lowest BCUT2D eigenvalue weighted by molar-refractivity contribution is 0.154. The molecule has 114 valence electrons. The highest BCUT2D eigenvalue weighted by Gasteiger charge is 2.23. The van der Waals surface area contributed by atoms with Crippen LogP contribution in [0.4, 0.5) is 0 Å². The number of aliphatic hydroxyl groups is 1. The summed E-state index contributed by atoms with van der Waals surface area (Å²) in [5.74, 6) is 1.70. The standard InChI is InChI=1S/C17H29NOS/c1-5-17(13-19,18-4)11-6-12-20-16-9-7-15(8-10-16)14(2)3/h7-10,14,18-19H,5-6,11-13H2,1-4H3. The molecule has 2 N–H and O–H groups in total. The molecule has 1 rings (SSSR count). The Kier molecular flexibility index (Phi) is 7.63. The molecule has 0 saturated heterocycles. The van der Waals surface area contributed by atoms with Crippen LogP contribution in [0.2, 0.25) is 0 Å². The highest BCUT2D eigenvalue weighted by molar-refractivity contribution is 7.99. The van der Waals surface area contributed by atoms with Gasteiger partial charge in [-0.2, -0.15) is 0 Å². The van der Waals surface area contributed by atoms with Gasteiger partial charge in [-0.15, -0.1) is 11.8 Å². The molecule has 3 heteroatoms. The Morgan fingerprint density at radius 1 is 1.25 bits per heavy atom. The van der Waals surface area contributed by atoms with Gasteiger partial charge < -0.3 is 10.4 Å². The number of benzene rings is 1. The van der Waals surface area contributed by atoms with Crippen molar-refractivity contribution in [3.8, 4) is 0 Å². The molecule has 1 aromatic carbocycles. The SMILES string of the molecule is CCC(CO)(CCCSc1ccc(C(C)C)cc1)NC. The van der Waals surface area contributed by atoms with Crippen molar-refractivity contribution >= 4 is 11.8 Å². The van der Waals surface area contributed by atoms with Gasteiger partial charge in [-0.25, -0.2) is 0 Å². The molecule has 0 bridgehead atoms. The van der Waals surface area contributed by atoms with Crippen molar-refractivity contribution in [3.05, 3.63) is 29.8 Å². The van der Waals surface area contributed by atoms with Crippen LogP contribution in [0, 0.1) is 0 Å². The van der Waals surface area contributed by atoms with Crippen molar-refractivity contribution in [2.24, 2.45) is 0 Å². The minimum atomic E-state index is -0.0952. The van der Waals surface area contributed by atoms with Crippen LogP contribution in [0.5, 0.6) is 0 Å². The Balaban J connectivity index is 2.37. The van der Waals surface area contributed by atoms with Crippen LogP contribution in [0.3, 0.4) is 0 Å². The summed E-state index contributed by atoms with van der Waals surface area (Å²) in [4.78, 5) is 1.34. The highest BCUT2D eigenvalue weighted by atomic mass is 32.2. The molecule has 0 saturated carbocycles. The molecule has 20 heavy (non-hydrogen) atoms. The number of aliphatic hydroxyl groups excluding tert-OH is 1. The predicted molar refractivity (Wildman–Crippen MR) is 89.7 cm³/mol. The van der Waals surface area contributed by atoms with E-state index in [1.807, 2.05) is 18.8 Å². The normalized spacial score (nSPS) is 14.5. The van der Waals surface area contributed by atoms with Crippen LogP contribution in [0.25, 0.3) is 0 Å². The van der Waals surface area contributed by atoms with Crippen LogP contribution in [0.1, 0.15) is 51.5 Å². The van der Waals surface area contributed by atoms with Gasteiger partial charge in [0, 0.05) is 10.4 Å². The summed E-state index contributed by atoms with van der Waals surface area (Å²) in [5.41, 5.74) is 1.30. The molecule has 0 fully saturated rings. The van der Waals surface area contributed by atoms with Crippen molar-refractivity contribution in [2.75, 3.05) is 19.4 Å². The van der Waals surface area contributed by atoms with E-state index < -0.39 is 0 Å². The number of rotatable bonds is 9. The summed E-state index contributed by atoms with van der Waals surface area (Å²) in [7, 11) is 1.94. The van der Waals surface area contributed by atoms with E-state index in [1.165, 1.54) is 10.5 Å². The van der Waals surface area contributed by atoms with Crippen LogP contribution in [0.15, 0.2) is 29.2 Å². The first-order valence-corrected chi connectivity index (χ1v) is 8.58. The third kappa shape index (κ3) is 5.12. The smallest absolute Gasteiger partial charge is 0.0613 e. The highest BCUT2D eigenvalue weighted by Crippen LogP contribution is 2.24. The summed E-state index contributed by atoms with van der Waals surface area (Å²) in [6.45, 7) is 6.79. The molecule has 0 heterocycles. The molecule has 2 nitrogen and oxygen atoms in total. The van der Waals surface area contributed by atoms with Gasteiger partial charge in [0.05, 0.1) is 6.61 Å². The van der Waals surface area contributed by atoms with Gasteiger partial charge in [0.2, 0.25) is 0 Å². The number of hydrogen-bond acceptors (Lipinski definition) is 3. The fourth-order valence-electron chi connectivity index (χ4n) is 2.30. The molecule has 1 unspecified atom stereocenters. The van der Waals surface area contributed by atoms with E-state index in [2.05, 4.69) is 50.4 Å². The zero-order chi connectivity index (χ0) is 15.0. The molecule has 0 amide bonds. The molecule has 0 aliphatic carbocycles. The van der Waals surface area contributed by atoms with E-state index in [9.17, 15) is 5.11 Å². The molecular weight excluding hydrogens is 266 g/mol. The Morgan fingerprint density at radius 2 is 1.90 bits per heavy atom. The fraction of sp³-hybridized carbons (Fsp3) is 0.647. The molecule has 0 aliphatic rings. The number of hydrogen-bond donors (Lipinski definition) is 2. The third-order valence-electron chi connectivity index (χ3n) is 4.12. The van der Waals surface area contributed by atoms with Crippen LogP contribution < -0.4 is 5.32 Å². The molecule has 1 aromatic rings. The average molecular weight is 295 g/mol. The summed E-state index contributed by atoms with van der Waals surface area (Å²) >= 11 is 1.90. The van der Waals surface area contributed by atoms with Gasteiger partial charge in [0.1, 0.15) is 0 Å². The average Bonchev–Trinajstić information content (AvgIpc) is 2.49. The van der Waals surface area contributed by atoms with E-state index in [1.54, 1.807) is 0 Å². The number of thioether (sulfide) groups is 1. The summed E-state index contributed by atoms with van der Waals surface area (Å²) < 4.78 is 0. The Labute approximate surface area is 128 Å². The largest absolute Gasteiger partial charge is 0.394 e. The molecular formula is C17H29NOS. The summed E-state index contributed by atoms with van der Waals surface area (Å²) in [6, 6.07) is 8.89. The topological polar surface area (TPSA) is 32.3 Å². The first-order valence-electron chi connectivity index (χ1n) is 7.59. The van der Waals surface area contributed by atoms with Crippen molar-refractivity contribution in [3.63, 3.8) is 0 Å². The van der Waals surface area contributed by atoms with Crippen LogP contribution in [-0.4, -0.2) is 30.1 Å². The van der Waals surface area contributed by atoms with E-state index in [4.69, 9.17) is 0 Å². The lowest BCUT2D eigenvalue weighted by Gasteiger charge is -2.30. The quantitative estimate of drug-likeness (QED) is 0.532. The van der Waals surface area contributed by atoms with E-state index in [-0.39, 0.29) is 12.1 Å². The van der Waals surface area contributed by atoms with Gasteiger partial charge in [-0.05, 0) is 55.7 Å². The number of likely N-dealkylation sites (N-methyl/N-ethyl adjacent to an activating group) is 1. The van der Waals surface area contributed by atoms with Gasteiger partial charge in [0.15, 0.2) is 0 Å². The zero-order valence-corrected chi connectivity index (χ0v) is 14.1. The molecule has 0 aliphatic heterocycles. The maximum Gasteiger partial charge on any atom is 0.0613 e. The lowest BCUT2D eigenvalue weighted by Crippen LogP contribution is -2.45. The van der Waals surface area contributed by atoms with Crippen molar-refractivity contribution < 1.29 is 5.11 Å². The van der Waals surface area contributed by atoms with Crippen LogP contribution >= 0.6 is 11.8 Å². The maximum atomic E-state index is 9.51. The minimum Gasteiger partial charge on any atom is -0.394 e. The Bertz CT molecular complexity index is 363. The van der Waals surface area contributed by atoms with Crippen LogP contribution in [-0.2, 0) is 0 Å². The lowest BCUT2D eigenvalue weighted by atomic mass is 9.92. The second-order valence-electron chi connectivity index (χ2n) is 5.72. The summed E-state index contributed by atoms with van der Waals surface area (Å²) in [5, 5.41) is 12.8. The van der Waals surface area contributed by atoms with Gasteiger partial charge in [0.25, 0.3) is 0 Å².